The van der Waals surface area contributed by atoms with Gasteiger partial charge in [0.1, 0.15) is 5.82 Å². The van der Waals surface area contributed by atoms with Crippen LogP contribution >= 0.6 is 24.0 Å². The third-order valence-electron chi connectivity index (χ3n) is 3.01. The molecule has 0 aromatic heterocycles. The molecule has 2 N–H and O–H groups in total. The number of likely N-dealkylation sites (N-methyl/N-ethyl adjacent to an activating group) is 1. The van der Waals surface area contributed by atoms with E-state index < -0.39 is 11.4 Å². The minimum Gasteiger partial charge on any atom is -0.340 e. The highest BCUT2D eigenvalue weighted by Gasteiger charge is 2.30. The van der Waals surface area contributed by atoms with Gasteiger partial charge in [-0.05, 0) is 31.0 Å². The second-order valence-corrected chi connectivity index (χ2v) is 5.48. The number of nitrogens with two attached hydrogens (primary N) is 1. The van der Waals surface area contributed by atoms with E-state index in [0.717, 1.165) is 6.42 Å². The fraction of sp³-hybridized carbons (Fsp3) is 0.500. The molecule has 0 spiro atoms. The van der Waals surface area contributed by atoms with Crippen LogP contribution in [0.25, 0.3) is 0 Å². The number of nitrogens with zero attached hydrogens (tertiary/aromatic N) is 1. The second-order valence-electron chi connectivity index (χ2n) is 5.08. The number of halogens is 3. The Kier molecular flexibility index (Phi) is 7.49. The number of carbonyl (C=O) groups is 1. The highest BCUT2D eigenvalue weighted by Crippen LogP contribution is 2.18. The topological polar surface area (TPSA) is 46.3 Å². The number of benzene rings is 1. The first-order valence-corrected chi connectivity index (χ1v) is 6.64. The van der Waals surface area contributed by atoms with Crippen molar-refractivity contribution in [3.63, 3.8) is 0 Å². The largest absolute Gasteiger partial charge is 0.340 e. The van der Waals surface area contributed by atoms with E-state index in [-0.39, 0.29) is 23.3 Å². The minimum absolute atomic E-state index is 0. The fourth-order valence-corrected chi connectivity index (χ4v) is 2.16. The molecule has 0 radical (unpaired) electrons. The van der Waals surface area contributed by atoms with Gasteiger partial charge in [0, 0.05) is 13.6 Å². The maximum atomic E-state index is 13.3. The molecule has 3 nitrogen and oxygen atoms in total. The Labute approximate surface area is 130 Å². The lowest BCUT2D eigenvalue weighted by Crippen LogP contribution is -2.51. The SMILES string of the molecule is CCCC(C)(N)C(=O)N(C)Cc1ccc(Cl)c(F)c1.Cl. The summed E-state index contributed by atoms with van der Waals surface area (Å²) in [6.45, 7) is 4.01. The quantitative estimate of drug-likeness (QED) is 0.903. The van der Waals surface area contributed by atoms with Gasteiger partial charge in [-0.25, -0.2) is 4.39 Å². The molecule has 1 aromatic carbocycles. The first kappa shape index (κ1) is 19.2. The number of hydrogen-bond acceptors (Lipinski definition) is 2. The third kappa shape index (κ3) is 4.93. The molecule has 1 amide bonds. The van der Waals surface area contributed by atoms with Gasteiger partial charge in [-0.3, -0.25) is 4.79 Å². The molecule has 0 aliphatic heterocycles. The van der Waals surface area contributed by atoms with E-state index in [1.807, 2.05) is 6.92 Å². The molecule has 0 aliphatic rings. The van der Waals surface area contributed by atoms with Gasteiger partial charge in [0.05, 0.1) is 10.6 Å². The molecule has 1 atom stereocenters. The van der Waals surface area contributed by atoms with Crippen molar-refractivity contribution in [2.24, 2.45) is 5.73 Å². The lowest BCUT2D eigenvalue weighted by molar-refractivity contribution is -0.135. The first-order valence-electron chi connectivity index (χ1n) is 6.26. The molecule has 1 aromatic rings. The second kappa shape index (κ2) is 7.81. The Morgan fingerprint density at radius 1 is 1.50 bits per heavy atom. The van der Waals surface area contributed by atoms with Crippen LogP contribution in [0.4, 0.5) is 4.39 Å². The highest BCUT2D eigenvalue weighted by molar-refractivity contribution is 6.30. The van der Waals surface area contributed by atoms with Gasteiger partial charge >= 0.3 is 0 Å². The Hall–Kier alpha value is -0.840. The van der Waals surface area contributed by atoms with E-state index in [1.54, 1.807) is 20.0 Å². The summed E-state index contributed by atoms with van der Waals surface area (Å²) >= 11 is 5.62. The molecule has 1 unspecified atom stereocenters. The Morgan fingerprint density at radius 3 is 2.60 bits per heavy atom. The first-order chi connectivity index (χ1) is 8.77. The predicted octanol–water partition coefficient (Wildman–Crippen LogP) is 3.38. The smallest absolute Gasteiger partial charge is 0.242 e. The summed E-state index contributed by atoms with van der Waals surface area (Å²) in [6, 6.07) is 4.51. The number of hydrogen-bond donors (Lipinski definition) is 1. The maximum absolute atomic E-state index is 13.3. The average Bonchev–Trinajstić information content (AvgIpc) is 2.32. The van der Waals surface area contributed by atoms with E-state index in [2.05, 4.69) is 0 Å². The summed E-state index contributed by atoms with van der Waals surface area (Å²) in [5.74, 6) is -0.631. The van der Waals surface area contributed by atoms with E-state index >= 15 is 0 Å². The van der Waals surface area contributed by atoms with Gasteiger partial charge in [-0.2, -0.15) is 0 Å². The van der Waals surface area contributed by atoms with Crippen LogP contribution in [0, 0.1) is 5.82 Å². The fourth-order valence-electron chi connectivity index (χ4n) is 2.05. The van der Waals surface area contributed by atoms with Crippen LogP contribution in [0.2, 0.25) is 5.02 Å². The number of rotatable bonds is 5. The number of carbonyl (C=O) groups excluding carboxylic acids is 1. The molecule has 0 saturated carbocycles. The lowest BCUT2D eigenvalue weighted by Gasteiger charge is -2.29. The van der Waals surface area contributed by atoms with Crippen LogP contribution in [-0.4, -0.2) is 23.4 Å². The van der Waals surface area contributed by atoms with Gasteiger partial charge in [0.15, 0.2) is 0 Å². The average molecular weight is 323 g/mol. The predicted molar refractivity (Wildman–Crippen MR) is 82.6 cm³/mol. The molecule has 1 rings (SSSR count). The van der Waals surface area contributed by atoms with E-state index in [0.29, 0.717) is 18.5 Å². The third-order valence-corrected chi connectivity index (χ3v) is 3.31. The molecule has 0 saturated heterocycles. The highest BCUT2D eigenvalue weighted by atomic mass is 35.5. The molecule has 0 heterocycles. The normalized spacial score (nSPS) is 13.3. The zero-order valence-corrected chi connectivity index (χ0v) is 13.5. The molecule has 20 heavy (non-hydrogen) atoms. The summed E-state index contributed by atoms with van der Waals surface area (Å²) in [6.07, 6.45) is 1.45. The van der Waals surface area contributed by atoms with Crippen LogP contribution in [0.5, 0.6) is 0 Å². The van der Waals surface area contributed by atoms with E-state index in [4.69, 9.17) is 17.3 Å². The van der Waals surface area contributed by atoms with Crippen molar-refractivity contribution < 1.29 is 9.18 Å². The number of amides is 1. The zero-order valence-electron chi connectivity index (χ0n) is 12.0. The van der Waals surface area contributed by atoms with Crippen molar-refractivity contribution in [1.29, 1.82) is 0 Å². The minimum atomic E-state index is -0.880. The van der Waals surface area contributed by atoms with Crippen LogP contribution in [0.3, 0.4) is 0 Å². The van der Waals surface area contributed by atoms with E-state index in [9.17, 15) is 9.18 Å². The molecular formula is C14H21Cl2FN2O. The van der Waals surface area contributed by atoms with Crippen molar-refractivity contribution in [3.8, 4) is 0 Å². The summed E-state index contributed by atoms with van der Waals surface area (Å²) in [7, 11) is 1.66. The van der Waals surface area contributed by atoms with Crippen LogP contribution in [0.1, 0.15) is 32.3 Å². The summed E-state index contributed by atoms with van der Waals surface area (Å²) in [4.78, 5) is 13.7. The standard InChI is InChI=1S/C14H20ClFN2O.ClH/c1-4-7-14(2,17)13(19)18(3)9-10-5-6-11(15)12(16)8-10;/h5-6,8H,4,7,9,17H2,1-3H3;1H. The van der Waals surface area contributed by atoms with Gasteiger partial charge in [0.2, 0.25) is 5.91 Å². The zero-order chi connectivity index (χ0) is 14.6. The van der Waals surface area contributed by atoms with Crippen molar-refractivity contribution in [2.75, 3.05) is 7.05 Å². The van der Waals surface area contributed by atoms with Gasteiger partial charge < -0.3 is 10.6 Å². The summed E-state index contributed by atoms with van der Waals surface area (Å²) < 4.78 is 13.3. The van der Waals surface area contributed by atoms with Gasteiger partial charge in [0.25, 0.3) is 0 Å². The van der Waals surface area contributed by atoms with Crippen LogP contribution in [-0.2, 0) is 11.3 Å². The molecular weight excluding hydrogens is 302 g/mol. The van der Waals surface area contributed by atoms with Gasteiger partial charge in [-0.15, -0.1) is 12.4 Å². The Bertz CT molecular complexity index is 466. The van der Waals surface area contributed by atoms with Crippen molar-refractivity contribution in [2.45, 2.75) is 38.8 Å². The summed E-state index contributed by atoms with van der Waals surface area (Å²) in [5.41, 5.74) is 5.80. The molecule has 0 fully saturated rings. The molecule has 0 aliphatic carbocycles. The Morgan fingerprint density at radius 2 is 2.10 bits per heavy atom. The lowest BCUT2D eigenvalue weighted by atomic mass is 9.96. The molecule has 0 bridgehead atoms. The van der Waals surface area contributed by atoms with Crippen LogP contribution < -0.4 is 5.73 Å². The van der Waals surface area contributed by atoms with Crippen molar-refractivity contribution >= 4 is 29.9 Å². The van der Waals surface area contributed by atoms with Crippen molar-refractivity contribution in [3.05, 3.63) is 34.6 Å². The monoisotopic (exact) mass is 322 g/mol. The maximum Gasteiger partial charge on any atom is 0.242 e. The van der Waals surface area contributed by atoms with Crippen molar-refractivity contribution in [1.82, 2.24) is 4.90 Å². The summed E-state index contributed by atoms with van der Waals surface area (Å²) in [5, 5.41) is 0.0763. The van der Waals surface area contributed by atoms with Gasteiger partial charge in [-0.1, -0.05) is 31.0 Å². The Balaban J connectivity index is 0.00000361. The van der Waals surface area contributed by atoms with E-state index in [1.165, 1.54) is 17.0 Å². The molecule has 6 heteroatoms. The molecule has 114 valence electrons. The van der Waals surface area contributed by atoms with Crippen LogP contribution in [0.15, 0.2) is 18.2 Å².